The van der Waals surface area contributed by atoms with Gasteiger partial charge in [0.1, 0.15) is 0 Å². The van der Waals surface area contributed by atoms with Crippen LogP contribution in [0.3, 0.4) is 0 Å². The van der Waals surface area contributed by atoms with Gasteiger partial charge >= 0.3 is 0 Å². The van der Waals surface area contributed by atoms with Crippen molar-refractivity contribution >= 4 is 11.6 Å². The van der Waals surface area contributed by atoms with Crippen LogP contribution in [0.1, 0.15) is 28.9 Å². The van der Waals surface area contributed by atoms with E-state index in [4.69, 9.17) is 11.6 Å². The van der Waals surface area contributed by atoms with E-state index < -0.39 is 5.60 Å². The summed E-state index contributed by atoms with van der Waals surface area (Å²) < 4.78 is 1.77. The van der Waals surface area contributed by atoms with Gasteiger partial charge in [-0.15, -0.1) is 0 Å². The van der Waals surface area contributed by atoms with Crippen LogP contribution >= 0.6 is 11.6 Å². The summed E-state index contributed by atoms with van der Waals surface area (Å²) >= 11 is 6.29. The molecule has 0 spiro atoms. The van der Waals surface area contributed by atoms with Crippen molar-refractivity contribution < 1.29 is 5.11 Å². The molecule has 100 valence electrons. The Balaban J connectivity index is 2.00. The van der Waals surface area contributed by atoms with Crippen LogP contribution in [0.5, 0.6) is 0 Å². The maximum Gasteiger partial charge on any atom is 0.0958 e. The molecule has 1 aromatic carbocycles. The highest BCUT2D eigenvalue weighted by atomic mass is 35.5. The third-order valence-electron chi connectivity index (χ3n) is 4.05. The van der Waals surface area contributed by atoms with Crippen molar-refractivity contribution in [1.29, 1.82) is 0 Å². The molecule has 3 rings (SSSR count). The lowest BCUT2D eigenvalue weighted by molar-refractivity contribution is 0.0371. The fourth-order valence-corrected chi connectivity index (χ4v) is 3.23. The van der Waals surface area contributed by atoms with Crippen molar-refractivity contribution in [2.24, 2.45) is 7.05 Å². The number of benzene rings is 1. The highest BCUT2D eigenvalue weighted by molar-refractivity contribution is 6.31. The van der Waals surface area contributed by atoms with Crippen molar-refractivity contribution in [3.8, 4) is 0 Å². The molecule has 1 heterocycles. The van der Waals surface area contributed by atoms with Gasteiger partial charge in [0.2, 0.25) is 0 Å². The molecule has 0 bridgehead atoms. The first-order valence-electron chi connectivity index (χ1n) is 6.50. The van der Waals surface area contributed by atoms with E-state index in [1.165, 1.54) is 5.56 Å². The lowest BCUT2D eigenvalue weighted by atomic mass is 9.91. The summed E-state index contributed by atoms with van der Waals surface area (Å²) in [5.74, 6) is 0. The smallest absolute Gasteiger partial charge is 0.0958 e. The summed E-state index contributed by atoms with van der Waals surface area (Å²) in [5.41, 5.74) is 3.16. The van der Waals surface area contributed by atoms with Crippen molar-refractivity contribution in [2.45, 2.75) is 31.8 Å². The largest absolute Gasteiger partial charge is 0.385 e. The lowest BCUT2D eigenvalue weighted by Gasteiger charge is -2.24. The molecule has 1 atom stereocenters. The molecule has 0 radical (unpaired) electrons. The monoisotopic (exact) mass is 276 g/mol. The zero-order valence-electron chi connectivity index (χ0n) is 11.2. The highest BCUT2D eigenvalue weighted by Crippen LogP contribution is 2.40. The van der Waals surface area contributed by atoms with Gasteiger partial charge in [0.05, 0.1) is 22.0 Å². The number of rotatable bonds is 2. The summed E-state index contributed by atoms with van der Waals surface area (Å²) in [5, 5.41) is 15.9. The molecule has 0 amide bonds. The second kappa shape index (κ2) is 4.36. The van der Waals surface area contributed by atoms with Crippen molar-refractivity contribution in [3.05, 3.63) is 51.8 Å². The van der Waals surface area contributed by atoms with Crippen LogP contribution in [0, 0.1) is 6.92 Å². The first kappa shape index (κ1) is 12.7. The van der Waals surface area contributed by atoms with Crippen LogP contribution in [0.4, 0.5) is 0 Å². The van der Waals surface area contributed by atoms with Gasteiger partial charge in [-0.2, -0.15) is 5.10 Å². The molecule has 0 fully saturated rings. The van der Waals surface area contributed by atoms with E-state index in [0.717, 1.165) is 29.8 Å². The van der Waals surface area contributed by atoms with Crippen LogP contribution in [-0.4, -0.2) is 14.9 Å². The number of aromatic nitrogens is 2. The minimum absolute atomic E-state index is 0.514. The standard InChI is InChI=1S/C15H17ClN2O/c1-10-14(16)13(18(2)17-10)9-15(19)8-7-11-5-3-4-6-12(11)15/h3-6,19H,7-9H2,1-2H3. The minimum Gasteiger partial charge on any atom is -0.385 e. The second-order valence-electron chi connectivity index (χ2n) is 5.34. The van der Waals surface area contributed by atoms with Gasteiger partial charge in [-0.25, -0.2) is 0 Å². The second-order valence-corrected chi connectivity index (χ2v) is 5.71. The first-order valence-corrected chi connectivity index (χ1v) is 6.88. The van der Waals surface area contributed by atoms with Crippen molar-refractivity contribution in [2.75, 3.05) is 0 Å². The predicted molar refractivity (Wildman–Crippen MR) is 75.3 cm³/mol. The molecule has 1 aliphatic rings. The van der Waals surface area contributed by atoms with Gasteiger partial charge in [-0.05, 0) is 30.9 Å². The van der Waals surface area contributed by atoms with E-state index >= 15 is 0 Å². The number of hydrogen-bond acceptors (Lipinski definition) is 2. The van der Waals surface area contributed by atoms with Gasteiger partial charge < -0.3 is 5.11 Å². The summed E-state index contributed by atoms with van der Waals surface area (Å²) in [4.78, 5) is 0. The van der Waals surface area contributed by atoms with Crippen LogP contribution in [0.25, 0.3) is 0 Å². The van der Waals surface area contributed by atoms with Gasteiger partial charge in [0, 0.05) is 13.5 Å². The van der Waals surface area contributed by atoms with Gasteiger partial charge in [0.15, 0.2) is 0 Å². The Hall–Kier alpha value is -1.32. The Morgan fingerprint density at radius 2 is 2.16 bits per heavy atom. The highest BCUT2D eigenvalue weighted by Gasteiger charge is 2.38. The molecule has 0 saturated carbocycles. The summed E-state index contributed by atoms with van der Waals surface area (Å²) in [6.45, 7) is 1.89. The topological polar surface area (TPSA) is 38.0 Å². The number of nitrogens with zero attached hydrogens (tertiary/aromatic N) is 2. The Bertz CT molecular complexity index is 635. The number of hydrogen-bond donors (Lipinski definition) is 1. The third-order valence-corrected chi connectivity index (χ3v) is 4.54. The molecule has 4 heteroatoms. The molecule has 2 aromatic rings. The van der Waals surface area contributed by atoms with E-state index in [2.05, 4.69) is 11.2 Å². The first-order chi connectivity index (χ1) is 9.01. The molecular formula is C15H17ClN2O. The molecule has 1 aliphatic carbocycles. The third kappa shape index (κ3) is 1.97. The molecule has 1 aromatic heterocycles. The Morgan fingerprint density at radius 3 is 2.84 bits per heavy atom. The average molecular weight is 277 g/mol. The maximum atomic E-state index is 11.0. The Morgan fingerprint density at radius 1 is 1.42 bits per heavy atom. The number of fused-ring (bicyclic) bond motifs is 1. The van der Waals surface area contributed by atoms with Crippen LogP contribution in [0.15, 0.2) is 24.3 Å². The molecule has 0 saturated heterocycles. The summed E-state index contributed by atoms with van der Waals surface area (Å²) in [6, 6.07) is 8.10. The molecule has 3 nitrogen and oxygen atoms in total. The maximum absolute atomic E-state index is 11.0. The van der Waals surface area contributed by atoms with E-state index in [9.17, 15) is 5.11 Å². The minimum atomic E-state index is -0.819. The molecular weight excluding hydrogens is 260 g/mol. The SMILES string of the molecule is Cc1nn(C)c(CC2(O)CCc3ccccc32)c1Cl. The van der Waals surface area contributed by atoms with Gasteiger partial charge in [0.25, 0.3) is 0 Å². The normalized spacial score (nSPS) is 21.7. The molecule has 1 unspecified atom stereocenters. The molecule has 0 aliphatic heterocycles. The Labute approximate surface area is 117 Å². The fourth-order valence-electron chi connectivity index (χ4n) is 3.00. The van der Waals surface area contributed by atoms with Gasteiger partial charge in [-0.1, -0.05) is 35.9 Å². The van der Waals surface area contributed by atoms with E-state index in [0.29, 0.717) is 11.4 Å². The predicted octanol–water partition coefficient (Wildman–Crippen LogP) is 2.76. The van der Waals surface area contributed by atoms with Crippen molar-refractivity contribution in [1.82, 2.24) is 9.78 Å². The number of aryl methyl sites for hydroxylation is 3. The lowest BCUT2D eigenvalue weighted by Crippen LogP contribution is -2.26. The zero-order chi connectivity index (χ0) is 13.6. The van der Waals surface area contributed by atoms with Crippen molar-refractivity contribution in [3.63, 3.8) is 0 Å². The summed E-state index contributed by atoms with van der Waals surface area (Å²) in [6.07, 6.45) is 2.17. The van der Waals surface area contributed by atoms with E-state index in [-0.39, 0.29) is 0 Å². The van der Waals surface area contributed by atoms with Crippen LogP contribution in [-0.2, 0) is 25.5 Å². The summed E-state index contributed by atoms with van der Waals surface area (Å²) in [7, 11) is 1.87. The van der Waals surface area contributed by atoms with Gasteiger partial charge in [-0.3, -0.25) is 4.68 Å². The number of aliphatic hydroxyl groups is 1. The van der Waals surface area contributed by atoms with E-state index in [1.807, 2.05) is 32.2 Å². The quantitative estimate of drug-likeness (QED) is 0.916. The number of halogens is 1. The Kier molecular flexibility index (Phi) is 2.91. The van der Waals surface area contributed by atoms with Crippen LogP contribution in [0.2, 0.25) is 5.02 Å². The zero-order valence-corrected chi connectivity index (χ0v) is 11.9. The molecule has 19 heavy (non-hydrogen) atoms. The fraction of sp³-hybridized carbons (Fsp3) is 0.400. The van der Waals surface area contributed by atoms with Crippen LogP contribution < -0.4 is 0 Å². The molecule has 1 N–H and O–H groups in total. The average Bonchev–Trinajstić information content (AvgIpc) is 2.84. The van der Waals surface area contributed by atoms with E-state index in [1.54, 1.807) is 4.68 Å².